The molecule has 176 valence electrons. The zero-order valence-corrected chi connectivity index (χ0v) is 17.3. The summed E-state index contributed by atoms with van der Waals surface area (Å²) in [6, 6.07) is 0.340. The molecule has 13 nitrogen and oxygen atoms in total. The number of aromatic hydroxyl groups is 1. The topological polar surface area (TPSA) is 234 Å². The van der Waals surface area contributed by atoms with Crippen molar-refractivity contribution < 1.29 is 39.3 Å². The molecule has 10 N–H and O–H groups in total. The lowest BCUT2D eigenvalue weighted by Gasteiger charge is -2.24. The van der Waals surface area contributed by atoms with Crippen LogP contribution in [0.5, 0.6) is 5.75 Å². The number of phenolic OH excluding ortho intramolecular Hbond substituents is 1. The standard InChI is InChI=1S/C19H27N5O8/c1-9(19(31)32)22-18(30)14(8-25)24-17(29)13(6-10-2-4-11(26)5-3-10)23-16(28)12(20)7-15(21)27/h2-5,9,12-14,25-26H,6-8,20H2,1H3,(H2,21,27)(H,22,30)(H,23,28)(H,24,29)(H,31,32). The van der Waals surface area contributed by atoms with E-state index in [1.54, 1.807) is 0 Å². The molecule has 1 aromatic rings. The van der Waals surface area contributed by atoms with Crippen LogP contribution >= 0.6 is 0 Å². The highest BCUT2D eigenvalue weighted by atomic mass is 16.4. The number of hydrogen-bond acceptors (Lipinski definition) is 8. The van der Waals surface area contributed by atoms with Gasteiger partial charge in [-0.2, -0.15) is 0 Å². The average Bonchev–Trinajstić information content (AvgIpc) is 2.71. The second kappa shape index (κ2) is 12.2. The first kappa shape index (κ1) is 26.3. The van der Waals surface area contributed by atoms with Gasteiger partial charge in [-0.15, -0.1) is 0 Å². The molecule has 32 heavy (non-hydrogen) atoms. The molecule has 0 aliphatic heterocycles. The second-order valence-electron chi connectivity index (χ2n) is 7.02. The van der Waals surface area contributed by atoms with Crippen LogP contribution in [0.4, 0.5) is 0 Å². The first-order valence-corrected chi connectivity index (χ1v) is 9.51. The van der Waals surface area contributed by atoms with Gasteiger partial charge < -0.3 is 42.7 Å². The van der Waals surface area contributed by atoms with Gasteiger partial charge in [0.25, 0.3) is 0 Å². The zero-order chi connectivity index (χ0) is 24.4. The van der Waals surface area contributed by atoms with Gasteiger partial charge in [0.05, 0.1) is 19.1 Å². The number of carboxylic acids is 1. The number of nitrogens with one attached hydrogen (secondary N) is 3. The van der Waals surface area contributed by atoms with Gasteiger partial charge in [-0.05, 0) is 24.6 Å². The molecule has 1 aromatic carbocycles. The summed E-state index contributed by atoms with van der Waals surface area (Å²) in [7, 11) is 0. The minimum absolute atomic E-state index is 0.0215. The number of carbonyl (C=O) groups excluding carboxylic acids is 4. The number of amides is 4. The normalized spacial score (nSPS) is 14.3. The number of primary amides is 1. The Morgan fingerprint density at radius 3 is 1.97 bits per heavy atom. The highest BCUT2D eigenvalue weighted by molar-refractivity contribution is 5.95. The third kappa shape index (κ3) is 8.57. The molecule has 0 spiro atoms. The van der Waals surface area contributed by atoms with Crippen molar-refractivity contribution in [3.8, 4) is 5.75 Å². The maximum absolute atomic E-state index is 12.8. The third-order valence-corrected chi connectivity index (χ3v) is 4.31. The van der Waals surface area contributed by atoms with Crippen LogP contribution in [0, 0.1) is 0 Å². The summed E-state index contributed by atoms with van der Waals surface area (Å²) >= 11 is 0. The smallest absolute Gasteiger partial charge is 0.325 e. The Labute approximate surface area is 183 Å². The van der Waals surface area contributed by atoms with Crippen LogP contribution in [0.2, 0.25) is 0 Å². The van der Waals surface area contributed by atoms with Crippen LogP contribution in [0.3, 0.4) is 0 Å². The fourth-order valence-corrected chi connectivity index (χ4v) is 2.51. The maximum Gasteiger partial charge on any atom is 0.325 e. The number of hydrogen-bond donors (Lipinski definition) is 8. The molecule has 0 heterocycles. The molecule has 4 atom stereocenters. The van der Waals surface area contributed by atoms with Crippen LogP contribution in [0.15, 0.2) is 24.3 Å². The van der Waals surface area contributed by atoms with E-state index in [0.717, 1.165) is 0 Å². The molecular weight excluding hydrogens is 426 g/mol. The monoisotopic (exact) mass is 453 g/mol. The summed E-state index contributed by atoms with van der Waals surface area (Å²) < 4.78 is 0. The number of carboxylic acid groups (broad SMARTS) is 1. The van der Waals surface area contributed by atoms with E-state index < -0.39 is 66.8 Å². The second-order valence-corrected chi connectivity index (χ2v) is 7.02. The molecule has 1 rings (SSSR count). The van der Waals surface area contributed by atoms with Crippen LogP contribution in [0.25, 0.3) is 0 Å². The Kier molecular flexibility index (Phi) is 10.1. The van der Waals surface area contributed by atoms with Gasteiger partial charge in [-0.25, -0.2) is 0 Å². The van der Waals surface area contributed by atoms with E-state index in [1.807, 2.05) is 0 Å². The maximum atomic E-state index is 12.8. The minimum Gasteiger partial charge on any atom is -0.508 e. The lowest BCUT2D eigenvalue weighted by Crippen LogP contribution is -2.58. The summed E-state index contributed by atoms with van der Waals surface area (Å²) in [6.07, 6.45) is -0.555. The number of benzene rings is 1. The quantitative estimate of drug-likeness (QED) is 0.158. The molecule has 0 radical (unpaired) electrons. The Morgan fingerprint density at radius 1 is 0.938 bits per heavy atom. The molecule has 0 saturated heterocycles. The van der Waals surface area contributed by atoms with Crippen molar-refractivity contribution in [3.63, 3.8) is 0 Å². The van der Waals surface area contributed by atoms with E-state index in [1.165, 1.54) is 31.2 Å². The number of nitrogens with two attached hydrogens (primary N) is 2. The lowest BCUT2D eigenvalue weighted by atomic mass is 10.0. The molecule has 4 unspecified atom stereocenters. The zero-order valence-electron chi connectivity index (χ0n) is 17.3. The molecule has 0 fully saturated rings. The SMILES string of the molecule is CC(NC(=O)C(CO)NC(=O)C(Cc1ccc(O)cc1)NC(=O)C(N)CC(N)=O)C(=O)O. The Hall–Kier alpha value is -3.71. The Morgan fingerprint density at radius 2 is 1.47 bits per heavy atom. The van der Waals surface area contributed by atoms with Crippen LogP contribution in [-0.4, -0.2) is 75.7 Å². The first-order valence-electron chi connectivity index (χ1n) is 9.51. The van der Waals surface area contributed by atoms with Gasteiger partial charge in [0.1, 0.15) is 23.9 Å². The van der Waals surface area contributed by atoms with Crippen molar-refractivity contribution in [3.05, 3.63) is 29.8 Å². The molecule has 0 aliphatic carbocycles. The summed E-state index contributed by atoms with van der Waals surface area (Å²) in [5.41, 5.74) is 11.1. The Bertz CT molecular complexity index is 845. The summed E-state index contributed by atoms with van der Waals surface area (Å²) in [4.78, 5) is 59.1. The van der Waals surface area contributed by atoms with Crippen LogP contribution in [-0.2, 0) is 30.4 Å². The molecule has 0 bridgehead atoms. The van der Waals surface area contributed by atoms with Crippen molar-refractivity contribution >= 4 is 29.6 Å². The molecule has 4 amide bonds. The summed E-state index contributed by atoms with van der Waals surface area (Å²) in [5.74, 6) is -4.84. The van der Waals surface area contributed by atoms with Gasteiger partial charge in [-0.3, -0.25) is 24.0 Å². The number of rotatable bonds is 12. The van der Waals surface area contributed by atoms with E-state index >= 15 is 0 Å². The summed E-state index contributed by atoms with van der Waals surface area (Å²) in [5, 5.41) is 34.4. The number of aliphatic hydroxyl groups excluding tert-OH is 1. The van der Waals surface area contributed by atoms with Crippen molar-refractivity contribution in [2.24, 2.45) is 11.5 Å². The van der Waals surface area contributed by atoms with Crippen molar-refractivity contribution in [1.29, 1.82) is 0 Å². The van der Waals surface area contributed by atoms with E-state index in [2.05, 4.69) is 16.0 Å². The highest BCUT2D eigenvalue weighted by Crippen LogP contribution is 2.12. The molecule has 13 heteroatoms. The van der Waals surface area contributed by atoms with Gasteiger partial charge in [0.15, 0.2) is 0 Å². The van der Waals surface area contributed by atoms with Crippen LogP contribution < -0.4 is 27.4 Å². The Balaban J connectivity index is 2.99. The number of phenols is 1. The predicted octanol–water partition coefficient (Wildman–Crippen LogP) is -3.31. The van der Waals surface area contributed by atoms with E-state index in [9.17, 15) is 34.2 Å². The minimum atomic E-state index is -1.50. The molecule has 0 aromatic heterocycles. The predicted molar refractivity (Wildman–Crippen MR) is 110 cm³/mol. The first-order chi connectivity index (χ1) is 14.9. The van der Waals surface area contributed by atoms with E-state index in [0.29, 0.717) is 5.56 Å². The van der Waals surface area contributed by atoms with Crippen molar-refractivity contribution in [1.82, 2.24) is 16.0 Å². The van der Waals surface area contributed by atoms with Gasteiger partial charge in [-0.1, -0.05) is 12.1 Å². The fourth-order valence-electron chi connectivity index (χ4n) is 2.51. The number of aliphatic hydroxyl groups is 1. The number of aliphatic carboxylic acids is 1. The van der Waals surface area contributed by atoms with Gasteiger partial charge in [0, 0.05) is 6.42 Å². The van der Waals surface area contributed by atoms with Crippen LogP contribution in [0.1, 0.15) is 18.9 Å². The third-order valence-electron chi connectivity index (χ3n) is 4.31. The molecular formula is C19H27N5O8. The fraction of sp³-hybridized carbons (Fsp3) is 0.421. The summed E-state index contributed by atoms with van der Waals surface area (Å²) in [6.45, 7) is 0.357. The molecule has 0 saturated carbocycles. The van der Waals surface area contributed by atoms with Gasteiger partial charge >= 0.3 is 5.97 Å². The highest BCUT2D eigenvalue weighted by Gasteiger charge is 2.29. The number of carbonyl (C=O) groups is 5. The average molecular weight is 453 g/mol. The van der Waals surface area contributed by atoms with Gasteiger partial charge in [0.2, 0.25) is 23.6 Å². The van der Waals surface area contributed by atoms with Crippen molar-refractivity contribution in [2.75, 3.05) is 6.61 Å². The van der Waals surface area contributed by atoms with Crippen molar-refractivity contribution in [2.45, 2.75) is 43.9 Å². The van der Waals surface area contributed by atoms with E-state index in [4.69, 9.17) is 16.6 Å². The molecule has 0 aliphatic rings. The lowest BCUT2D eigenvalue weighted by molar-refractivity contribution is -0.142. The largest absolute Gasteiger partial charge is 0.508 e. The van der Waals surface area contributed by atoms with E-state index in [-0.39, 0.29) is 12.2 Å².